The number of aliphatic hydroxyl groups is 1. The van der Waals surface area contributed by atoms with Crippen LogP contribution in [0.1, 0.15) is 115 Å². The summed E-state index contributed by atoms with van der Waals surface area (Å²) in [7, 11) is 1.00. The third kappa shape index (κ3) is 13.5. The maximum atomic E-state index is 10.8. The van der Waals surface area contributed by atoms with Gasteiger partial charge in [0.2, 0.25) is 6.41 Å². The molecule has 0 spiro atoms. The van der Waals surface area contributed by atoms with Crippen molar-refractivity contribution in [2.75, 3.05) is 12.4 Å². The van der Waals surface area contributed by atoms with Gasteiger partial charge >= 0.3 is 0 Å². The van der Waals surface area contributed by atoms with E-state index in [1.165, 1.54) is 12.0 Å². The van der Waals surface area contributed by atoms with Crippen LogP contribution in [0, 0.1) is 19.8 Å². The average molecular weight is 505 g/mol. The molecule has 0 saturated carbocycles. The smallest absolute Gasteiger partial charge is 0.211 e. The maximum absolute atomic E-state index is 10.8. The number of anilines is 1. The molecule has 1 aromatic carbocycles. The highest BCUT2D eigenvalue weighted by Crippen LogP contribution is 2.25. The van der Waals surface area contributed by atoms with E-state index >= 15 is 0 Å². The van der Waals surface area contributed by atoms with Crippen LogP contribution in [-0.2, 0) is 16.0 Å². The Kier molecular flexibility index (Phi) is 21.5. The van der Waals surface area contributed by atoms with Gasteiger partial charge in [0.25, 0.3) is 0 Å². The number of carbonyl (C=O) groups excluding carboxylic acids is 2. The number of nitrogens with zero attached hydrogens (tertiary/aromatic N) is 3. The van der Waals surface area contributed by atoms with Gasteiger partial charge in [0.1, 0.15) is 17.9 Å². The van der Waals surface area contributed by atoms with Crippen molar-refractivity contribution in [3.8, 4) is 0 Å². The van der Waals surface area contributed by atoms with Gasteiger partial charge in [-0.15, -0.1) is 10.2 Å². The molecule has 0 fully saturated rings. The van der Waals surface area contributed by atoms with Crippen molar-refractivity contribution in [2.45, 2.75) is 113 Å². The van der Waals surface area contributed by atoms with Gasteiger partial charge in [0.05, 0.1) is 0 Å². The molecular weight excluding hydrogens is 452 g/mol. The monoisotopic (exact) mass is 504 g/mol. The second-order valence-corrected chi connectivity index (χ2v) is 9.15. The Balaban J connectivity index is 0. The van der Waals surface area contributed by atoms with Crippen molar-refractivity contribution in [1.29, 1.82) is 0 Å². The predicted octanol–water partition coefficient (Wildman–Crippen LogP) is 6.82. The van der Waals surface area contributed by atoms with Crippen molar-refractivity contribution in [3.05, 3.63) is 41.0 Å². The molecule has 7 nitrogen and oxygen atoms in total. The summed E-state index contributed by atoms with van der Waals surface area (Å²) in [5, 5.41) is 18.4. The van der Waals surface area contributed by atoms with Crippen molar-refractivity contribution in [3.63, 3.8) is 0 Å². The molecule has 206 valence electrons. The summed E-state index contributed by atoms with van der Waals surface area (Å²) in [4.78, 5) is 20.9. The zero-order chi connectivity index (χ0) is 28.1. The molecule has 0 aliphatic carbocycles. The van der Waals surface area contributed by atoms with E-state index in [1.807, 2.05) is 45.9 Å². The first kappa shape index (κ1) is 35.6. The van der Waals surface area contributed by atoms with Gasteiger partial charge in [0.15, 0.2) is 0 Å². The first-order valence-corrected chi connectivity index (χ1v) is 13.3. The van der Waals surface area contributed by atoms with E-state index in [4.69, 9.17) is 5.11 Å². The molecule has 36 heavy (non-hydrogen) atoms. The highest BCUT2D eigenvalue weighted by atomic mass is 16.2. The summed E-state index contributed by atoms with van der Waals surface area (Å²) in [5.74, 6) is 2.93. The van der Waals surface area contributed by atoms with Crippen molar-refractivity contribution in [2.24, 2.45) is 5.92 Å². The Morgan fingerprint density at radius 2 is 1.67 bits per heavy atom. The molecule has 2 aromatic rings. The second-order valence-electron chi connectivity index (χ2n) is 9.15. The molecule has 7 heteroatoms. The fourth-order valence-electron chi connectivity index (χ4n) is 3.83. The number of rotatable bonds is 12. The van der Waals surface area contributed by atoms with E-state index in [-0.39, 0.29) is 5.92 Å². The van der Waals surface area contributed by atoms with E-state index in [0.717, 1.165) is 67.9 Å². The third-order valence-corrected chi connectivity index (χ3v) is 5.61. The number of aldehydes is 1. The molecule has 1 amide bonds. The van der Waals surface area contributed by atoms with Crippen LogP contribution in [0.15, 0.2) is 18.2 Å². The molecule has 2 atom stereocenters. The van der Waals surface area contributed by atoms with Crippen molar-refractivity contribution in [1.82, 2.24) is 14.8 Å². The lowest BCUT2D eigenvalue weighted by atomic mass is 10.0. The molecule has 2 unspecified atom stereocenters. The lowest BCUT2D eigenvalue weighted by molar-refractivity contribution is -0.108. The Hall–Kier alpha value is -2.54. The molecular formula is C29H52N4O3. The lowest BCUT2D eigenvalue weighted by Crippen LogP contribution is -2.15. The van der Waals surface area contributed by atoms with Gasteiger partial charge < -0.3 is 19.8 Å². The maximum Gasteiger partial charge on any atom is 0.211 e. The van der Waals surface area contributed by atoms with Gasteiger partial charge in [-0.3, -0.25) is 4.79 Å². The molecule has 2 rings (SSSR count). The molecule has 0 bridgehead atoms. The molecule has 0 aliphatic rings. The number of hydrogen-bond donors (Lipinski definition) is 2. The molecule has 0 saturated heterocycles. The summed E-state index contributed by atoms with van der Waals surface area (Å²) in [5.41, 5.74) is 3.18. The third-order valence-electron chi connectivity index (χ3n) is 5.61. The van der Waals surface area contributed by atoms with Crippen LogP contribution in [0.4, 0.5) is 5.69 Å². The van der Waals surface area contributed by atoms with E-state index < -0.39 is 0 Å². The second kappa shape index (κ2) is 21.7. The summed E-state index contributed by atoms with van der Waals surface area (Å²) in [6.07, 6.45) is 7.80. The minimum Gasteiger partial charge on any atom is -0.400 e. The standard InChI is InChI=1S/C17H31N3O.C9H11NO.C2H6.CH4O/c1-6-8-15(5)20-16(10-7-9-13(2)3)18-19-17(20)14(4)11-12-21;1-7-3-4-9(10-6-11)8(2)5-7;2*1-2/h12-15H,6-11H2,1-5H3;3-6H,1-2H3,(H,10,11);1-2H3;2H,1H3. The minimum atomic E-state index is 0.146. The number of nitrogens with one attached hydrogen (secondary N) is 1. The van der Waals surface area contributed by atoms with Crippen LogP contribution in [0.5, 0.6) is 0 Å². The van der Waals surface area contributed by atoms with E-state index in [1.54, 1.807) is 0 Å². The number of aryl methyl sites for hydroxylation is 3. The summed E-state index contributed by atoms with van der Waals surface area (Å²) in [6.45, 7) is 19.0. The van der Waals surface area contributed by atoms with Crippen LogP contribution in [0.25, 0.3) is 0 Å². The number of amides is 1. The van der Waals surface area contributed by atoms with E-state index in [9.17, 15) is 9.59 Å². The molecule has 2 N–H and O–H groups in total. The highest BCUT2D eigenvalue weighted by molar-refractivity contribution is 5.73. The lowest BCUT2D eigenvalue weighted by Gasteiger charge is -2.20. The first-order chi connectivity index (χ1) is 17.2. The Morgan fingerprint density at radius 3 is 2.17 bits per heavy atom. The zero-order valence-electron chi connectivity index (χ0n) is 24.5. The number of aliphatic hydroxyl groups excluding tert-OH is 1. The number of hydrogen-bond acceptors (Lipinski definition) is 5. The summed E-state index contributed by atoms with van der Waals surface area (Å²) >= 11 is 0. The molecule has 0 aliphatic heterocycles. The minimum absolute atomic E-state index is 0.146. The zero-order valence-corrected chi connectivity index (χ0v) is 24.5. The highest BCUT2D eigenvalue weighted by Gasteiger charge is 2.20. The van der Waals surface area contributed by atoms with Gasteiger partial charge in [-0.1, -0.05) is 72.1 Å². The fraction of sp³-hybridized carbons (Fsp3) is 0.655. The Morgan fingerprint density at radius 1 is 1.03 bits per heavy atom. The van der Waals surface area contributed by atoms with Crippen LogP contribution in [0.3, 0.4) is 0 Å². The number of carbonyl (C=O) groups is 2. The summed E-state index contributed by atoms with van der Waals surface area (Å²) < 4.78 is 2.29. The van der Waals surface area contributed by atoms with Gasteiger partial charge in [-0.2, -0.15) is 0 Å². The van der Waals surface area contributed by atoms with E-state index in [0.29, 0.717) is 18.9 Å². The van der Waals surface area contributed by atoms with Gasteiger partial charge in [-0.25, -0.2) is 0 Å². The topological polar surface area (TPSA) is 97.1 Å². The van der Waals surface area contributed by atoms with Crippen LogP contribution in [-0.4, -0.2) is 39.7 Å². The normalized spacial score (nSPS) is 11.6. The predicted molar refractivity (Wildman–Crippen MR) is 152 cm³/mol. The molecule has 1 heterocycles. The van der Waals surface area contributed by atoms with Crippen molar-refractivity contribution >= 4 is 18.4 Å². The quantitative estimate of drug-likeness (QED) is 0.309. The average Bonchev–Trinajstić information content (AvgIpc) is 3.28. The van der Waals surface area contributed by atoms with Crippen molar-refractivity contribution < 1.29 is 14.7 Å². The largest absolute Gasteiger partial charge is 0.400 e. The van der Waals surface area contributed by atoms with Gasteiger partial charge in [-0.05, 0) is 51.2 Å². The molecule has 1 aromatic heterocycles. The Bertz CT molecular complexity index is 834. The van der Waals surface area contributed by atoms with Crippen LogP contribution in [0.2, 0.25) is 0 Å². The molecule has 0 radical (unpaired) electrons. The van der Waals surface area contributed by atoms with E-state index in [2.05, 4.69) is 54.7 Å². The van der Waals surface area contributed by atoms with Gasteiger partial charge in [0, 0.05) is 37.6 Å². The van der Waals surface area contributed by atoms with Crippen LogP contribution < -0.4 is 5.32 Å². The number of aromatic nitrogens is 3. The number of benzene rings is 1. The SMILES string of the molecule is CC.CCCC(C)n1c(CCCC(C)C)nnc1C(C)CC=O.CO.Cc1ccc(NC=O)c(C)c1. The fourth-order valence-corrected chi connectivity index (χ4v) is 3.83. The van der Waals surface area contributed by atoms with Crippen LogP contribution >= 0.6 is 0 Å². The summed E-state index contributed by atoms with van der Waals surface area (Å²) in [6, 6.07) is 6.31. The first-order valence-electron chi connectivity index (χ1n) is 13.3. The Labute approximate surface area is 220 Å².